The third-order valence-electron chi connectivity index (χ3n) is 3.18. The van der Waals surface area contributed by atoms with E-state index < -0.39 is 12.0 Å². The Morgan fingerprint density at radius 1 is 0.926 bits per heavy atom. The molecule has 0 aliphatic rings. The maximum Gasteiger partial charge on any atom is 0.425 e. The van der Waals surface area contributed by atoms with Crippen molar-refractivity contribution in [3.63, 3.8) is 0 Å². The number of hydrogen-bond donors (Lipinski definition) is 3. The van der Waals surface area contributed by atoms with Crippen LogP contribution in [0, 0.1) is 0 Å². The van der Waals surface area contributed by atoms with Crippen LogP contribution < -0.4 is 25.6 Å². The Hall–Kier alpha value is -3.33. The summed E-state index contributed by atoms with van der Waals surface area (Å²) in [4.78, 5) is 23.3. The summed E-state index contributed by atoms with van der Waals surface area (Å²) in [6, 6.07) is 16.1. The molecule has 2 amide bonds. The van der Waals surface area contributed by atoms with E-state index in [4.69, 9.17) is 21.7 Å². The summed E-state index contributed by atoms with van der Waals surface area (Å²) in [5.74, 6) is 0.635. The van der Waals surface area contributed by atoms with Gasteiger partial charge in [0.05, 0.1) is 12.7 Å². The molecule has 8 nitrogen and oxygen atoms in total. The fourth-order valence-electron chi connectivity index (χ4n) is 1.97. The summed E-state index contributed by atoms with van der Waals surface area (Å²) in [5.41, 5.74) is 4.78. The first-order valence-corrected chi connectivity index (χ1v) is 8.36. The summed E-state index contributed by atoms with van der Waals surface area (Å²) in [6.07, 6.45) is -0.742. The van der Waals surface area contributed by atoms with Crippen molar-refractivity contribution in [1.29, 1.82) is 0 Å². The van der Waals surface area contributed by atoms with Crippen LogP contribution >= 0.6 is 12.2 Å². The van der Waals surface area contributed by atoms with E-state index in [1.165, 1.54) is 7.11 Å². The number of thiocarbonyl (C=S) groups is 1. The number of hydrogen-bond acceptors (Lipinski definition) is 6. The van der Waals surface area contributed by atoms with E-state index in [1.54, 1.807) is 24.3 Å². The number of hydrazine groups is 1. The van der Waals surface area contributed by atoms with Crippen LogP contribution in [-0.2, 0) is 4.74 Å². The number of nitrogens with one attached hydrogen (secondary N) is 3. The molecule has 0 fully saturated rings. The highest BCUT2D eigenvalue weighted by molar-refractivity contribution is 7.80. The van der Waals surface area contributed by atoms with Crippen LogP contribution in [0.15, 0.2) is 54.6 Å². The van der Waals surface area contributed by atoms with Crippen molar-refractivity contribution >= 4 is 29.3 Å². The van der Waals surface area contributed by atoms with Crippen LogP contribution in [0.1, 0.15) is 10.4 Å². The third kappa shape index (κ3) is 6.83. The second kappa shape index (κ2) is 10.6. The first-order valence-electron chi connectivity index (χ1n) is 7.95. The van der Waals surface area contributed by atoms with Gasteiger partial charge in [-0.2, -0.15) is 0 Å². The zero-order chi connectivity index (χ0) is 19.5. The van der Waals surface area contributed by atoms with Gasteiger partial charge in [-0.1, -0.05) is 30.3 Å². The molecule has 0 bridgehead atoms. The maximum absolute atomic E-state index is 12.4. The molecule has 0 aromatic heterocycles. The van der Waals surface area contributed by atoms with Gasteiger partial charge in [0.2, 0.25) is 0 Å². The highest BCUT2D eigenvalue weighted by Gasteiger charge is 2.14. The van der Waals surface area contributed by atoms with Gasteiger partial charge in [0, 0.05) is 0 Å². The minimum Gasteiger partial charge on any atom is -0.490 e. The minimum absolute atomic E-state index is 0.0902. The zero-order valence-electron chi connectivity index (χ0n) is 14.6. The quantitative estimate of drug-likeness (QED) is 0.395. The standard InChI is InChI=1S/C18H19N3O5S/c1-24-18(23)21-20-17(27)19-16(22)14-9-5-6-10-15(14)26-12-11-25-13-7-3-2-4-8-13/h2-10H,11-12H2,1H3,(H,21,23)(H2,19,20,22,27). The molecule has 2 aromatic rings. The average Bonchev–Trinajstić information content (AvgIpc) is 2.70. The molecule has 27 heavy (non-hydrogen) atoms. The minimum atomic E-state index is -0.742. The third-order valence-corrected chi connectivity index (χ3v) is 3.38. The molecule has 2 rings (SSSR count). The molecule has 0 heterocycles. The largest absolute Gasteiger partial charge is 0.490 e. The fourth-order valence-corrected chi connectivity index (χ4v) is 2.11. The van der Waals surface area contributed by atoms with E-state index in [1.807, 2.05) is 30.3 Å². The van der Waals surface area contributed by atoms with Crippen LogP contribution in [0.3, 0.4) is 0 Å². The summed E-state index contributed by atoms with van der Waals surface area (Å²) in [7, 11) is 1.20. The topological polar surface area (TPSA) is 97.9 Å². The molecule has 0 radical (unpaired) electrons. The van der Waals surface area contributed by atoms with Crippen LogP contribution in [0.25, 0.3) is 0 Å². The Bertz CT molecular complexity index is 786. The number of carbonyl (C=O) groups is 2. The molecule has 0 saturated carbocycles. The molecule has 0 spiro atoms. The lowest BCUT2D eigenvalue weighted by Gasteiger charge is -2.13. The highest BCUT2D eigenvalue weighted by Crippen LogP contribution is 2.18. The summed E-state index contributed by atoms with van der Waals surface area (Å²) in [6.45, 7) is 0.578. The van der Waals surface area contributed by atoms with Crippen LogP contribution in [0.2, 0.25) is 0 Å². The number of amides is 2. The summed E-state index contributed by atoms with van der Waals surface area (Å²) >= 11 is 4.93. The molecule has 0 unspecified atom stereocenters. The van der Waals surface area contributed by atoms with Crippen molar-refractivity contribution in [3.8, 4) is 11.5 Å². The van der Waals surface area contributed by atoms with Gasteiger partial charge >= 0.3 is 6.09 Å². The lowest BCUT2D eigenvalue weighted by molar-refractivity contribution is 0.0970. The molecule has 0 saturated heterocycles. The predicted molar refractivity (Wildman–Crippen MR) is 103 cm³/mol. The molecule has 3 N–H and O–H groups in total. The van der Waals surface area contributed by atoms with Crippen LogP contribution in [0.5, 0.6) is 11.5 Å². The molecule has 0 atom stereocenters. The lowest BCUT2D eigenvalue weighted by atomic mass is 10.2. The number of carbonyl (C=O) groups excluding carboxylic acids is 2. The van der Waals surface area contributed by atoms with Crippen LogP contribution in [-0.4, -0.2) is 37.4 Å². The number of benzene rings is 2. The number of rotatable bonds is 6. The average molecular weight is 389 g/mol. The summed E-state index contributed by atoms with van der Waals surface area (Å²) in [5, 5.41) is 2.34. The number of methoxy groups -OCH3 is 1. The van der Waals surface area contributed by atoms with Crippen molar-refractivity contribution in [2.75, 3.05) is 20.3 Å². The van der Waals surface area contributed by atoms with Gasteiger partial charge in [-0.15, -0.1) is 0 Å². The van der Waals surface area contributed by atoms with Crippen LogP contribution in [0.4, 0.5) is 4.79 Å². The number of para-hydroxylation sites is 2. The second-order valence-corrected chi connectivity index (χ2v) is 5.44. The Labute approximate surface area is 161 Å². The van der Waals surface area contributed by atoms with Crippen molar-refractivity contribution in [3.05, 3.63) is 60.2 Å². The lowest BCUT2D eigenvalue weighted by Crippen LogP contribution is -2.48. The maximum atomic E-state index is 12.4. The van der Waals surface area contributed by atoms with Crippen molar-refractivity contribution in [2.45, 2.75) is 0 Å². The van der Waals surface area contributed by atoms with E-state index in [2.05, 4.69) is 20.9 Å². The Morgan fingerprint density at radius 3 is 2.33 bits per heavy atom. The van der Waals surface area contributed by atoms with E-state index >= 15 is 0 Å². The van der Waals surface area contributed by atoms with E-state index in [9.17, 15) is 9.59 Å². The smallest absolute Gasteiger partial charge is 0.425 e. The molecular formula is C18H19N3O5S. The van der Waals surface area contributed by atoms with Gasteiger partial charge in [0.25, 0.3) is 5.91 Å². The van der Waals surface area contributed by atoms with E-state index in [-0.39, 0.29) is 11.7 Å². The molecule has 142 valence electrons. The van der Waals surface area contributed by atoms with E-state index in [0.717, 1.165) is 5.75 Å². The summed E-state index contributed by atoms with van der Waals surface area (Å²) < 4.78 is 15.6. The van der Waals surface area contributed by atoms with Crippen molar-refractivity contribution < 1.29 is 23.8 Å². The molecule has 9 heteroatoms. The first-order chi connectivity index (χ1) is 13.1. The molecule has 0 aliphatic carbocycles. The highest BCUT2D eigenvalue weighted by atomic mass is 32.1. The van der Waals surface area contributed by atoms with E-state index in [0.29, 0.717) is 17.9 Å². The van der Waals surface area contributed by atoms with Gasteiger partial charge < -0.3 is 14.2 Å². The first kappa shape index (κ1) is 20.0. The van der Waals surface area contributed by atoms with Gasteiger partial charge in [-0.3, -0.25) is 15.5 Å². The van der Waals surface area contributed by atoms with Gasteiger partial charge in [-0.25, -0.2) is 10.2 Å². The fraction of sp³-hybridized carbons (Fsp3) is 0.167. The Balaban J connectivity index is 1.85. The van der Waals surface area contributed by atoms with Crippen molar-refractivity contribution in [1.82, 2.24) is 16.2 Å². The zero-order valence-corrected chi connectivity index (χ0v) is 15.4. The van der Waals surface area contributed by atoms with Gasteiger partial charge in [0.1, 0.15) is 24.7 Å². The second-order valence-electron chi connectivity index (χ2n) is 5.03. The normalized spacial score (nSPS) is 9.67. The molecule has 2 aromatic carbocycles. The molecule has 0 aliphatic heterocycles. The monoisotopic (exact) mass is 389 g/mol. The SMILES string of the molecule is COC(=O)NNC(=S)NC(=O)c1ccccc1OCCOc1ccccc1. The van der Waals surface area contributed by atoms with Gasteiger partial charge in [-0.05, 0) is 36.5 Å². The van der Waals surface area contributed by atoms with Crippen molar-refractivity contribution in [2.24, 2.45) is 0 Å². The Kier molecular flexibility index (Phi) is 7.86. The number of ether oxygens (including phenoxy) is 3. The predicted octanol–water partition coefficient (Wildman–Crippen LogP) is 2.02. The molecular weight excluding hydrogens is 370 g/mol. The Morgan fingerprint density at radius 2 is 1.59 bits per heavy atom. The van der Waals surface area contributed by atoms with Gasteiger partial charge in [0.15, 0.2) is 5.11 Å².